The first kappa shape index (κ1) is 21.2. The van der Waals surface area contributed by atoms with Crippen LogP contribution in [-0.4, -0.2) is 29.1 Å². The molecule has 0 bridgehead atoms. The van der Waals surface area contributed by atoms with Gasteiger partial charge < -0.3 is 0 Å². The molecule has 2 N–H and O–H groups in total. The zero-order valence-corrected chi connectivity index (χ0v) is 18.5. The van der Waals surface area contributed by atoms with Crippen molar-refractivity contribution in [1.82, 2.24) is 0 Å². The summed E-state index contributed by atoms with van der Waals surface area (Å²) in [4.78, 5) is 0. The molecule has 0 saturated heterocycles. The van der Waals surface area contributed by atoms with Gasteiger partial charge in [-0.2, -0.15) is 0 Å². The van der Waals surface area contributed by atoms with E-state index in [2.05, 4.69) is 106 Å². The molecule has 0 aliphatic rings. The summed E-state index contributed by atoms with van der Waals surface area (Å²) >= 11 is 4.42. The molecule has 3 aromatic carbocycles. The fourth-order valence-electron chi connectivity index (χ4n) is 3.93. The van der Waals surface area contributed by atoms with Gasteiger partial charge in [0.1, 0.15) is 0 Å². The summed E-state index contributed by atoms with van der Waals surface area (Å²) in [5.74, 6) is 0. The van der Waals surface area contributed by atoms with Crippen LogP contribution in [0.25, 0.3) is 0 Å². The maximum atomic E-state index is 9.75. The Kier molecular flexibility index (Phi) is 7.06. The Morgan fingerprint density at radius 1 is 0.679 bits per heavy atom. The molecule has 3 rings (SSSR count). The van der Waals surface area contributed by atoms with Gasteiger partial charge in [-0.25, -0.2) is 0 Å². The van der Waals surface area contributed by atoms with E-state index in [4.69, 9.17) is 5.11 Å². The van der Waals surface area contributed by atoms with Gasteiger partial charge in [0.05, 0.1) is 0 Å². The molecule has 0 spiro atoms. The van der Waals surface area contributed by atoms with Crippen molar-refractivity contribution in [3.63, 3.8) is 0 Å². The van der Waals surface area contributed by atoms with Crippen LogP contribution in [-0.2, 0) is 0 Å². The molecular formula is C24H28BrO2P. The zero-order chi connectivity index (χ0) is 19.9. The van der Waals surface area contributed by atoms with Crippen LogP contribution in [0.3, 0.4) is 0 Å². The van der Waals surface area contributed by atoms with Crippen molar-refractivity contribution >= 4 is 36.7 Å². The van der Waals surface area contributed by atoms with Crippen LogP contribution in [0.5, 0.6) is 0 Å². The Balaban J connectivity index is 2.13. The molecule has 0 radical (unpaired) electrons. The average Bonchev–Trinajstić information content (AvgIpc) is 2.78. The second-order valence-corrected chi connectivity index (χ2v) is 16.3. The molecule has 1 atom stereocenters. The predicted octanol–water partition coefficient (Wildman–Crippen LogP) is 4.35. The molecule has 28 heavy (non-hydrogen) atoms. The topological polar surface area (TPSA) is 40.5 Å². The monoisotopic (exact) mass is 458 g/mol. The van der Waals surface area contributed by atoms with Crippen LogP contribution < -0.4 is 15.9 Å². The van der Waals surface area contributed by atoms with Crippen molar-refractivity contribution in [2.75, 3.05) is 12.8 Å². The summed E-state index contributed by atoms with van der Waals surface area (Å²) in [5, 5.41) is 20.0. The number of halogens is 1. The summed E-state index contributed by atoms with van der Waals surface area (Å²) in [7, 11) is 0. The SMILES string of the molecule is OCC(O)CCCCP(Br)(c1ccccc1)(c1ccccc1)c1ccccc1. The Bertz CT molecular complexity index is 756. The van der Waals surface area contributed by atoms with E-state index in [9.17, 15) is 5.11 Å². The molecule has 148 valence electrons. The third kappa shape index (κ3) is 4.09. The summed E-state index contributed by atoms with van der Waals surface area (Å²) in [5.41, 5.74) is 0. The summed E-state index contributed by atoms with van der Waals surface area (Å²) in [6, 6.07) is 32.2. The van der Waals surface area contributed by atoms with Gasteiger partial charge in [0.15, 0.2) is 0 Å². The summed E-state index contributed by atoms with van der Waals surface area (Å²) < 4.78 is 0. The van der Waals surface area contributed by atoms with E-state index in [1.165, 1.54) is 15.9 Å². The van der Waals surface area contributed by atoms with Gasteiger partial charge in [-0.1, -0.05) is 0 Å². The van der Waals surface area contributed by atoms with Gasteiger partial charge in [0.2, 0.25) is 0 Å². The fourth-order valence-corrected chi connectivity index (χ4v) is 11.7. The third-order valence-electron chi connectivity index (χ3n) is 5.46. The number of hydrogen-bond donors (Lipinski definition) is 2. The molecule has 0 amide bonds. The van der Waals surface area contributed by atoms with Gasteiger partial charge in [-0.15, -0.1) is 0 Å². The zero-order valence-electron chi connectivity index (χ0n) is 16.0. The fraction of sp³-hybridized carbons (Fsp3) is 0.250. The quantitative estimate of drug-likeness (QED) is 0.369. The first-order valence-corrected chi connectivity index (χ1v) is 14.2. The first-order chi connectivity index (χ1) is 13.6. The van der Waals surface area contributed by atoms with Gasteiger partial charge >= 0.3 is 176 Å². The number of benzene rings is 3. The van der Waals surface area contributed by atoms with E-state index in [0.717, 1.165) is 19.0 Å². The van der Waals surface area contributed by atoms with Crippen LogP contribution in [0, 0.1) is 0 Å². The maximum absolute atomic E-state index is 9.75. The van der Waals surface area contributed by atoms with Crippen molar-refractivity contribution in [3.05, 3.63) is 91.0 Å². The summed E-state index contributed by atoms with van der Waals surface area (Å²) in [6.45, 7) is -0.173. The van der Waals surface area contributed by atoms with E-state index in [1.54, 1.807) is 0 Å². The molecule has 1 unspecified atom stereocenters. The third-order valence-corrected chi connectivity index (χ3v) is 15.5. The van der Waals surface area contributed by atoms with Crippen LogP contribution in [0.1, 0.15) is 19.3 Å². The van der Waals surface area contributed by atoms with Crippen molar-refractivity contribution < 1.29 is 10.2 Å². The molecule has 0 saturated carbocycles. The van der Waals surface area contributed by atoms with E-state index < -0.39 is 11.4 Å². The standard InChI is InChI=1S/C24H28BrO2P/c25-28(22-13-4-1-5-14-22,23-15-6-2-7-16-23,24-17-8-3-9-18-24)19-11-10-12-21(27)20-26/h1-9,13-18,21,26-27H,10-12,19-20H2. The van der Waals surface area contributed by atoms with Crippen molar-refractivity contribution in [3.8, 4) is 0 Å². The number of rotatable bonds is 9. The van der Waals surface area contributed by atoms with Crippen molar-refractivity contribution in [1.29, 1.82) is 0 Å². The van der Waals surface area contributed by atoms with E-state index in [0.29, 0.717) is 6.42 Å². The average molecular weight is 459 g/mol. The number of aliphatic hydroxyl groups is 2. The molecule has 0 aliphatic heterocycles. The van der Waals surface area contributed by atoms with Crippen molar-refractivity contribution in [2.45, 2.75) is 25.4 Å². The van der Waals surface area contributed by atoms with Crippen LogP contribution in [0.2, 0.25) is 0 Å². The molecule has 0 aromatic heterocycles. The number of aliphatic hydroxyl groups excluding tert-OH is 2. The number of unbranched alkanes of at least 4 members (excludes halogenated alkanes) is 1. The predicted molar refractivity (Wildman–Crippen MR) is 126 cm³/mol. The minimum atomic E-state index is -2.85. The van der Waals surface area contributed by atoms with Gasteiger partial charge in [0.25, 0.3) is 0 Å². The summed E-state index contributed by atoms with van der Waals surface area (Å²) in [6.07, 6.45) is 2.78. The second-order valence-electron chi connectivity index (χ2n) is 7.25. The van der Waals surface area contributed by atoms with E-state index in [1.807, 2.05) is 0 Å². The van der Waals surface area contributed by atoms with E-state index in [-0.39, 0.29) is 6.61 Å². The minimum absolute atomic E-state index is 0.173. The van der Waals surface area contributed by atoms with Crippen molar-refractivity contribution in [2.24, 2.45) is 0 Å². The second kappa shape index (κ2) is 9.33. The van der Waals surface area contributed by atoms with Crippen LogP contribution >= 0.6 is 20.8 Å². The number of hydrogen-bond acceptors (Lipinski definition) is 2. The molecule has 0 fully saturated rings. The van der Waals surface area contributed by atoms with Crippen LogP contribution in [0.15, 0.2) is 91.0 Å². The normalized spacial score (nSPS) is 14.2. The Morgan fingerprint density at radius 3 is 1.43 bits per heavy atom. The van der Waals surface area contributed by atoms with Gasteiger partial charge in [-0.3, -0.25) is 0 Å². The molecule has 4 heteroatoms. The Labute approximate surface area is 175 Å². The molecule has 3 aromatic rings. The Hall–Kier alpha value is -1.51. The van der Waals surface area contributed by atoms with Gasteiger partial charge in [-0.05, 0) is 0 Å². The Morgan fingerprint density at radius 2 is 1.07 bits per heavy atom. The molecule has 0 heterocycles. The molecule has 2 nitrogen and oxygen atoms in total. The molecular weight excluding hydrogens is 431 g/mol. The molecule has 0 aliphatic carbocycles. The van der Waals surface area contributed by atoms with Crippen LogP contribution in [0.4, 0.5) is 0 Å². The first-order valence-electron chi connectivity index (χ1n) is 9.78. The van der Waals surface area contributed by atoms with E-state index >= 15 is 0 Å². The van der Waals surface area contributed by atoms with Gasteiger partial charge in [0, 0.05) is 0 Å².